The molecule has 3 heteroatoms. The number of hydrogen-bond donors (Lipinski definition) is 1. The Labute approximate surface area is 133 Å². The number of fused-ring (bicyclic) bond motifs is 3. The minimum Gasteiger partial charge on any atom is -0.505 e. The first-order chi connectivity index (χ1) is 11.3. The first kappa shape index (κ1) is 13.5. The van der Waals surface area contributed by atoms with Gasteiger partial charge in [-0.1, -0.05) is 66.7 Å². The van der Waals surface area contributed by atoms with Crippen molar-refractivity contribution in [2.24, 2.45) is 10.2 Å². The summed E-state index contributed by atoms with van der Waals surface area (Å²) in [5.41, 5.74) is 1.26. The number of aromatic hydroxyl groups is 1. The van der Waals surface area contributed by atoms with Crippen LogP contribution in [0.5, 0.6) is 5.75 Å². The van der Waals surface area contributed by atoms with Crippen LogP contribution in [0, 0.1) is 0 Å². The van der Waals surface area contributed by atoms with Crippen LogP contribution in [0.15, 0.2) is 89.1 Å². The molecule has 0 saturated heterocycles. The van der Waals surface area contributed by atoms with Crippen LogP contribution in [0.4, 0.5) is 11.4 Å². The van der Waals surface area contributed by atoms with Gasteiger partial charge in [-0.15, -0.1) is 5.11 Å². The summed E-state index contributed by atoms with van der Waals surface area (Å²) in [5, 5.41) is 23.0. The Hall–Kier alpha value is -3.20. The number of azo groups is 1. The zero-order valence-corrected chi connectivity index (χ0v) is 12.3. The predicted molar refractivity (Wildman–Crippen MR) is 93.7 cm³/mol. The lowest BCUT2D eigenvalue weighted by atomic mass is 9.99. The second-order valence-electron chi connectivity index (χ2n) is 5.32. The number of benzene rings is 4. The van der Waals surface area contributed by atoms with Crippen molar-refractivity contribution in [2.75, 3.05) is 0 Å². The lowest BCUT2D eigenvalue weighted by Crippen LogP contribution is -1.80. The molecule has 0 spiro atoms. The van der Waals surface area contributed by atoms with Gasteiger partial charge in [-0.05, 0) is 22.9 Å². The molecule has 0 aliphatic carbocycles. The summed E-state index contributed by atoms with van der Waals surface area (Å²) >= 11 is 0. The van der Waals surface area contributed by atoms with Crippen LogP contribution in [0.1, 0.15) is 0 Å². The van der Waals surface area contributed by atoms with E-state index in [1.165, 1.54) is 0 Å². The molecule has 4 aromatic carbocycles. The highest BCUT2D eigenvalue weighted by Crippen LogP contribution is 2.43. The van der Waals surface area contributed by atoms with E-state index in [4.69, 9.17) is 0 Å². The predicted octanol–water partition coefficient (Wildman–Crippen LogP) is 6.11. The van der Waals surface area contributed by atoms with E-state index >= 15 is 0 Å². The van der Waals surface area contributed by atoms with Gasteiger partial charge in [0.1, 0.15) is 5.69 Å². The number of rotatable bonds is 2. The Kier molecular flexibility index (Phi) is 3.24. The van der Waals surface area contributed by atoms with Crippen LogP contribution in [-0.2, 0) is 0 Å². The first-order valence-electron chi connectivity index (χ1n) is 7.44. The van der Waals surface area contributed by atoms with Gasteiger partial charge in [0.25, 0.3) is 0 Å². The average molecular weight is 298 g/mol. The molecule has 3 nitrogen and oxygen atoms in total. The van der Waals surface area contributed by atoms with Gasteiger partial charge < -0.3 is 5.11 Å². The first-order valence-corrected chi connectivity index (χ1v) is 7.44. The second kappa shape index (κ2) is 5.54. The molecular formula is C20H14N2O. The Morgan fingerprint density at radius 2 is 1.04 bits per heavy atom. The van der Waals surface area contributed by atoms with E-state index < -0.39 is 0 Å². The van der Waals surface area contributed by atoms with Crippen molar-refractivity contribution in [3.05, 3.63) is 78.9 Å². The minimum atomic E-state index is 0.166. The molecule has 4 aromatic rings. The molecule has 0 heterocycles. The molecule has 0 atom stereocenters. The van der Waals surface area contributed by atoms with E-state index in [0.717, 1.165) is 27.2 Å². The van der Waals surface area contributed by atoms with Crippen molar-refractivity contribution < 1.29 is 5.11 Å². The third-order valence-corrected chi connectivity index (χ3v) is 3.90. The van der Waals surface area contributed by atoms with Gasteiger partial charge in [0.05, 0.1) is 5.69 Å². The number of hydrogen-bond acceptors (Lipinski definition) is 3. The van der Waals surface area contributed by atoms with Crippen molar-refractivity contribution in [2.45, 2.75) is 0 Å². The second-order valence-corrected chi connectivity index (χ2v) is 5.32. The van der Waals surface area contributed by atoms with Gasteiger partial charge in [-0.3, -0.25) is 0 Å². The molecule has 110 valence electrons. The molecule has 0 fully saturated rings. The number of phenols is 1. The number of phenolic OH excluding ortho intramolecular Hbond substituents is 1. The van der Waals surface area contributed by atoms with Gasteiger partial charge >= 0.3 is 0 Å². The molecular weight excluding hydrogens is 284 g/mol. The SMILES string of the molecule is Oc1c(N=Nc2ccccc2)c2ccccc2c2ccccc12. The minimum absolute atomic E-state index is 0.166. The molecule has 0 aromatic heterocycles. The van der Waals surface area contributed by atoms with Crippen LogP contribution >= 0.6 is 0 Å². The summed E-state index contributed by atoms with van der Waals surface area (Å²) < 4.78 is 0. The zero-order chi connectivity index (χ0) is 15.6. The van der Waals surface area contributed by atoms with E-state index in [0.29, 0.717) is 5.69 Å². The Morgan fingerprint density at radius 1 is 0.522 bits per heavy atom. The molecule has 0 radical (unpaired) electrons. The van der Waals surface area contributed by atoms with Crippen molar-refractivity contribution in [1.82, 2.24) is 0 Å². The maximum atomic E-state index is 10.7. The largest absolute Gasteiger partial charge is 0.505 e. The van der Waals surface area contributed by atoms with E-state index in [-0.39, 0.29) is 5.75 Å². The Morgan fingerprint density at radius 3 is 1.74 bits per heavy atom. The fraction of sp³-hybridized carbons (Fsp3) is 0. The third kappa shape index (κ3) is 2.32. The van der Waals surface area contributed by atoms with Crippen LogP contribution in [-0.4, -0.2) is 5.11 Å². The van der Waals surface area contributed by atoms with Crippen LogP contribution < -0.4 is 0 Å². The monoisotopic (exact) mass is 298 g/mol. The van der Waals surface area contributed by atoms with E-state index in [2.05, 4.69) is 10.2 Å². The molecule has 0 bridgehead atoms. The maximum absolute atomic E-state index is 10.7. The van der Waals surface area contributed by atoms with Crippen molar-refractivity contribution in [3.63, 3.8) is 0 Å². The van der Waals surface area contributed by atoms with Crippen LogP contribution in [0.25, 0.3) is 21.5 Å². The summed E-state index contributed by atoms with van der Waals surface area (Å²) in [6.07, 6.45) is 0. The van der Waals surface area contributed by atoms with E-state index in [1.54, 1.807) is 0 Å². The highest BCUT2D eigenvalue weighted by Gasteiger charge is 2.12. The van der Waals surface area contributed by atoms with Gasteiger partial charge in [0, 0.05) is 10.8 Å². The number of nitrogens with zero attached hydrogens (tertiary/aromatic N) is 2. The fourth-order valence-electron chi connectivity index (χ4n) is 2.81. The van der Waals surface area contributed by atoms with E-state index in [9.17, 15) is 5.11 Å². The van der Waals surface area contributed by atoms with Crippen molar-refractivity contribution >= 4 is 32.9 Å². The lowest BCUT2D eigenvalue weighted by Gasteiger charge is -2.09. The van der Waals surface area contributed by atoms with Crippen LogP contribution in [0.2, 0.25) is 0 Å². The molecule has 23 heavy (non-hydrogen) atoms. The molecule has 0 aliphatic heterocycles. The van der Waals surface area contributed by atoms with E-state index in [1.807, 2.05) is 78.9 Å². The van der Waals surface area contributed by atoms with Gasteiger partial charge in [0.15, 0.2) is 5.75 Å². The molecule has 0 unspecified atom stereocenters. The van der Waals surface area contributed by atoms with Crippen LogP contribution in [0.3, 0.4) is 0 Å². The highest BCUT2D eigenvalue weighted by molar-refractivity contribution is 6.15. The molecule has 0 saturated carbocycles. The van der Waals surface area contributed by atoms with Gasteiger partial charge in [-0.2, -0.15) is 5.11 Å². The highest BCUT2D eigenvalue weighted by atomic mass is 16.3. The third-order valence-electron chi connectivity index (χ3n) is 3.90. The summed E-state index contributed by atoms with van der Waals surface area (Å²) in [4.78, 5) is 0. The fourth-order valence-corrected chi connectivity index (χ4v) is 2.81. The Bertz CT molecular complexity index is 1020. The van der Waals surface area contributed by atoms with Gasteiger partial charge in [0.2, 0.25) is 0 Å². The maximum Gasteiger partial charge on any atom is 0.151 e. The summed E-state index contributed by atoms with van der Waals surface area (Å²) in [7, 11) is 0. The lowest BCUT2D eigenvalue weighted by molar-refractivity contribution is 0.483. The summed E-state index contributed by atoms with van der Waals surface area (Å²) in [6.45, 7) is 0. The molecule has 1 N–H and O–H groups in total. The van der Waals surface area contributed by atoms with Crippen molar-refractivity contribution in [3.8, 4) is 5.75 Å². The zero-order valence-electron chi connectivity index (χ0n) is 12.3. The Balaban J connectivity index is 2.01. The standard InChI is InChI=1S/C20H14N2O/c23-20-18-13-7-5-11-16(18)15-10-4-6-12-17(15)19(20)22-21-14-8-2-1-3-9-14/h1-13,23H. The molecule has 0 amide bonds. The summed E-state index contributed by atoms with van der Waals surface area (Å²) in [5.74, 6) is 0.166. The smallest absolute Gasteiger partial charge is 0.151 e. The topological polar surface area (TPSA) is 45.0 Å². The molecule has 4 rings (SSSR count). The van der Waals surface area contributed by atoms with Gasteiger partial charge in [-0.25, -0.2) is 0 Å². The summed E-state index contributed by atoms with van der Waals surface area (Å²) in [6, 6.07) is 25.2. The average Bonchev–Trinajstić information content (AvgIpc) is 2.63. The quantitative estimate of drug-likeness (QED) is 0.352. The normalized spacial score (nSPS) is 11.5. The van der Waals surface area contributed by atoms with Crippen molar-refractivity contribution in [1.29, 1.82) is 0 Å². The molecule has 0 aliphatic rings.